The minimum Gasteiger partial charge on any atom is -0.394 e. The first-order chi connectivity index (χ1) is 12.1. The number of hydrogen-bond donors (Lipinski definition) is 4. The highest BCUT2D eigenvalue weighted by molar-refractivity contribution is 5.94. The van der Waals surface area contributed by atoms with Crippen LogP contribution in [0.15, 0.2) is 53.6 Å². The molecule has 0 fully saturated rings. The lowest BCUT2D eigenvalue weighted by Crippen LogP contribution is -2.30. The van der Waals surface area contributed by atoms with E-state index in [2.05, 4.69) is 20.3 Å². The zero-order chi connectivity index (χ0) is 17.8. The number of carbonyl (C=O) groups excluding carboxylic acids is 1. The van der Waals surface area contributed by atoms with Gasteiger partial charge >= 0.3 is 5.69 Å². The van der Waals surface area contributed by atoms with Crippen molar-refractivity contribution in [3.63, 3.8) is 0 Å². The molecule has 0 bridgehead atoms. The lowest BCUT2D eigenvalue weighted by atomic mass is 10.1. The number of aromatic nitrogens is 3. The van der Waals surface area contributed by atoms with E-state index in [1.807, 2.05) is 37.3 Å². The van der Waals surface area contributed by atoms with Crippen molar-refractivity contribution in [2.24, 2.45) is 0 Å². The molecule has 1 aromatic carbocycles. The van der Waals surface area contributed by atoms with Gasteiger partial charge in [-0.2, -0.15) is 0 Å². The Bertz CT molecular complexity index is 931. The molecule has 1 atom stereocenters. The predicted molar refractivity (Wildman–Crippen MR) is 93.1 cm³/mol. The molecule has 0 saturated carbocycles. The highest BCUT2D eigenvalue weighted by Gasteiger charge is 2.17. The Hall–Kier alpha value is -3.19. The summed E-state index contributed by atoms with van der Waals surface area (Å²) in [5.41, 5.74) is 2.79. The Kier molecular flexibility index (Phi) is 4.76. The second-order valence-electron chi connectivity index (χ2n) is 5.67. The van der Waals surface area contributed by atoms with Crippen LogP contribution < -0.4 is 11.0 Å². The number of H-pyrrole nitrogens is 2. The van der Waals surface area contributed by atoms with Crippen LogP contribution in [0.1, 0.15) is 27.7 Å². The van der Waals surface area contributed by atoms with E-state index in [1.165, 1.54) is 6.20 Å². The van der Waals surface area contributed by atoms with Gasteiger partial charge in [0.05, 0.1) is 18.3 Å². The van der Waals surface area contributed by atoms with E-state index in [0.717, 1.165) is 11.1 Å². The van der Waals surface area contributed by atoms with Gasteiger partial charge in [0.25, 0.3) is 5.91 Å². The van der Waals surface area contributed by atoms with Gasteiger partial charge in [-0.25, -0.2) is 9.78 Å². The predicted octanol–water partition coefficient (Wildman–Crippen LogP) is 1.54. The fourth-order valence-corrected chi connectivity index (χ4v) is 2.58. The first kappa shape index (κ1) is 16.7. The minimum atomic E-state index is -0.497. The van der Waals surface area contributed by atoms with E-state index in [1.54, 1.807) is 12.3 Å². The summed E-state index contributed by atoms with van der Waals surface area (Å²) in [6.07, 6.45) is 3.13. The van der Waals surface area contributed by atoms with Crippen molar-refractivity contribution in [1.29, 1.82) is 0 Å². The van der Waals surface area contributed by atoms with Crippen LogP contribution in [-0.4, -0.2) is 32.6 Å². The Morgan fingerprint density at radius 3 is 2.80 bits per heavy atom. The molecular formula is C18H18N4O3. The van der Waals surface area contributed by atoms with Crippen LogP contribution in [0.5, 0.6) is 0 Å². The maximum atomic E-state index is 12.4. The lowest BCUT2D eigenvalue weighted by Gasteiger charge is -2.16. The third kappa shape index (κ3) is 3.67. The largest absolute Gasteiger partial charge is 0.394 e. The van der Waals surface area contributed by atoms with Crippen molar-refractivity contribution in [3.05, 3.63) is 76.1 Å². The number of nitrogens with one attached hydrogen (secondary N) is 3. The van der Waals surface area contributed by atoms with Gasteiger partial charge in [-0.1, -0.05) is 30.3 Å². The van der Waals surface area contributed by atoms with Crippen LogP contribution in [0.4, 0.5) is 0 Å². The van der Waals surface area contributed by atoms with Gasteiger partial charge in [-0.05, 0) is 24.1 Å². The molecule has 0 aliphatic carbocycles. The third-order valence-electron chi connectivity index (χ3n) is 3.91. The summed E-state index contributed by atoms with van der Waals surface area (Å²) in [6.45, 7) is 1.61. The first-order valence-electron chi connectivity index (χ1n) is 7.80. The van der Waals surface area contributed by atoms with Crippen molar-refractivity contribution in [2.75, 3.05) is 6.61 Å². The third-order valence-corrected chi connectivity index (χ3v) is 3.91. The number of benzene rings is 1. The second kappa shape index (κ2) is 7.14. The minimum absolute atomic E-state index is 0.208. The van der Waals surface area contributed by atoms with Crippen LogP contribution in [-0.2, 0) is 0 Å². The summed E-state index contributed by atoms with van der Waals surface area (Å²) >= 11 is 0. The van der Waals surface area contributed by atoms with Crippen molar-refractivity contribution < 1.29 is 9.90 Å². The molecule has 4 N–H and O–H groups in total. The van der Waals surface area contributed by atoms with Crippen LogP contribution in [0.2, 0.25) is 0 Å². The molecule has 0 aliphatic rings. The molecule has 7 heteroatoms. The van der Waals surface area contributed by atoms with E-state index in [9.17, 15) is 14.7 Å². The van der Waals surface area contributed by atoms with Crippen LogP contribution >= 0.6 is 0 Å². The smallest absolute Gasteiger partial charge is 0.345 e. The standard InChI is InChI=1S/C18H18N4O3/c1-11-8-20-18(25)22-16(11)13-7-14(19-9-13)17(24)21-15(10-23)12-5-3-2-4-6-12/h2-9,15,19,23H,10H2,1H3,(H,21,24)(H,20,22,25)/t15-/m1/s1. The summed E-state index contributed by atoms with van der Waals surface area (Å²) in [7, 11) is 0. The topological polar surface area (TPSA) is 111 Å². The van der Waals surface area contributed by atoms with E-state index < -0.39 is 11.7 Å². The number of amides is 1. The number of aryl methyl sites for hydroxylation is 1. The zero-order valence-corrected chi connectivity index (χ0v) is 13.6. The Balaban J connectivity index is 1.81. The molecule has 0 unspecified atom stereocenters. The zero-order valence-electron chi connectivity index (χ0n) is 13.6. The quantitative estimate of drug-likeness (QED) is 0.565. The average molecular weight is 338 g/mol. The van der Waals surface area contributed by atoms with Gasteiger partial charge in [-0.15, -0.1) is 0 Å². The molecule has 7 nitrogen and oxygen atoms in total. The number of nitrogens with zero attached hydrogens (tertiary/aromatic N) is 1. The monoisotopic (exact) mass is 338 g/mol. The maximum Gasteiger partial charge on any atom is 0.345 e. The van der Waals surface area contributed by atoms with Gasteiger partial charge < -0.3 is 20.4 Å². The van der Waals surface area contributed by atoms with Crippen LogP contribution in [0.25, 0.3) is 11.3 Å². The van der Waals surface area contributed by atoms with Gasteiger partial charge in [0.15, 0.2) is 0 Å². The highest BCUT2D eigenvalue weighted by Crippen LogP contribution is 2.20. The van der Waals surface area contributed by atoms with E-state index in [-0.39, 0.29) is 12.5 Å². The molecule has 128 valence electrons. The average Bonchev–Trinajstić information content (AvgIpc) is 3.12. The summed E-state index contributed by atoms with van der Waals surface area (Å²) in [5, 5.41) is 12.3. The molecule has 3 aromatic rings. The molecule has 3 rings (SSSR count). The van der Waals surface area contributed by atoms with Gasteiger partial charge in [0.2, 0.25) is 0 Å². The summed E-state index contributed by atoms with van der Waals surface area (Å²) in [6, 6.07) is 10.4. The maximum absolute atomic E-state index is 12.4. The van der Waals surface area contributed by atoms with Crippen molar-refractivity contribution in [3.8, 4) is 11.3 Å². The molecule has 2 aromatic heterocycles. The van der Waals surface area contributed by atoms with Crippen LogP contribution in [0, 0.1) is 6.92 Å². The van der Waals surface area contributed by atoms with Gasteiger partial charge in [0, 0.05) is 18.0 Å². The molecular weight excluding hydrogens is 320 g/mol. The fraction of sp³-hybridized carbons (Fsp3) is 0.167. The molecule has 0 spiro atoms. The Morgan fingerprint density at radius 1 is 1.32 bits per heavy atom. The number of aliphatic hydroxyl groups is 1. The van der Waals surface area contributed by atoms with Gasteiger partial charge in [-0.3, -0.25) is 4.79 Å². The number of carbonyl (C=O) groups is 1. The number of hydrogen-bond acceptors (Lipinski definition) is 4. The molecule has 0 aliphatic heterocycles. The van der Waals surface area contributed by atoms with E-state index in [0.29, 0.717) is 17.0 Å². The summed E-state index contributed by atoms with van der Waals surface area (Å²) in [4.78, 5) is 33.1. The Morgan fingerprint density at radius 2 is 2.08 bits per heavy atom. The molecule has 25 heavy (non-hydrogen) atoms. The molecule has 0 saturated heterocycles. The summed E-state index contributed by atoms with van der Waals surface area (Å²) in [5.74, 6) is -0.344. The van der Waals surface area contributed by atoms with E-state index >= 15 is 0 Å². The summed E-state index contributed by atoms with van der Waals surface area (Å²) < 4.78 is 0. The van der Waals surface area contributed by atoms with Crippen molar-refractivity contribution >= 4 is 5.91 Å². The number of rotatable bonds is 5. The fourth-order valence-electron chi connectivity index (χ4n) is 2.58. The molecule has 1 amide bonds. The van der Waals surface area contributed by atoms with Crippen molar-refractivity contribution in [2.45, 2.75) is 13.0 Å². The SMILES string of the molecule is Cc1cnc(=O)[nH]c1-c1c[nH]c(C(=O)N[C@H](CO)c2ccccc2)c1. The van der Waals surface area contributed by atoms with E-state index in [4.69, 9.17) is 0 Å². The number of aromatic amines is 2. The first-order valence-corrected chi connectivity index (χ1v) is 7.80. The molecule has 2 heterocycles. The Labute approximate surface area is 143 Å². The molecule has 0 radical (unpaired) electrons. The normalized spacial score (nSPS) is 11.9. The lowest BCUT2D eigenvalue weighted by molar-refractivity contribution is 0.0912. The number of aliphatic hydroxyl groups excluding tert-OH is 1. The highest BCUT2D eigenvalue weighted by atomic mass is 16.3. The van der Waals surface area contributed by atoms with Gasteiger partial charge in [0.1, 0.15) is 5.69 Å². The van der Waals surface area contributed by atoms with Crippen molar-refractivity contribution in [1.82, 2.24) is 20.3 Å². The second-order valence-corrected chi connectivity index (χ2v) is 5.67. The van der Waals surface area contributed by atoms with Crippen LogP contribution in [0.3, 0.4) is 0 Å².